The molecule has 3 nitrogen and oxygen atoms in total. The Morgan fingerprint density at radius 3 is 2.07 bits per heavy atom. The number of hydrogen-bond acceptors (Lipinski definition) is 2. The van der Waals surface area contributed by atoms with Crippen molar-refractivity contribution in [1.82, 2.24) is 4.57 Å². The quantitative estimate of drug-likeness (QED) is 0.557. The molecule has 6 heteroatoms. The summed E-state index contributed by atoms with van der Waals surface area (Å²) >= 11 is 0. The number of aromatic nitrogens is 1. The van der Waals surface area contributed by atoms with E-state index in [-0.39, 0.29) is 21.1 Å². The average Bonchev–Trinajstić information content (AvgIpc) is 2.83. The van der Waals surface area contributed by atoms with E-state index in [1.807, 2.05) is 18.5 Å². The molecule has 0 aliphatic heterocycles. The second-order valence-electron chi connectivity index (χ2n) is 8.43. The first-order valence-corrected chi connectivity index (χ1v) is 10.6. The zero-order valence-corrected chi connectivity index (χ0v) is 17.8. The molecule has 0 aliphatic rings. The molecule has 0 N–H and O–H groups in total. The maximum atomic E-state index is 13.6. The van der Waals surface area contributed by atoms with E-state index in [0.717, 1.165) is 34.3 Å². The van der Waals surface area contributed by atoms with Gasteiger partial charge in [-0.2, -0.15) is 0 Å². The maximum Gasteiger partial charge on any atom is 0.206 e. The van der Waals surface area contributed by atoms with Crippen LogP contribution in [0.2, 0.25) is 0 Å². The van der Waals surface area contributed by atoms with Gasteiger partial charge in [-0.3, -0.25) is 0 Å². The third-order valence-electron chi connectivity index (χ3n) is 5.70. The lowest BCUT2D eigenvalue weighted by Gasteiger charge is -2.28. The molecule has 0 amide bonds. The van der Waals surface area contributed by atoms with Crippen LogP contribution in [0.1, 0.15) is 44.9 Å². The normalized spacial score (nSPS) is 13.9. The van der Waals surface area contributed by atoms with E-state index >= 15 is 0 Å². The predicted octanol–water partition coefficient (Wildman–Crippen LogP) is 5.75. The lowest BCUT2D eigenvalue weighted by atomic mass is 9.77. The smallest absolute Gasteiger partial charge is 0.206 e. The molecule has 0 spiro atoms. The Morgan fingerprint density at radius 1 is 0.964 bits per heavy atom. The van der Waals surface area contributed by atoms with Gasteiger partial charge in [0.1, 0.15) is 11.6 Å². The highest BCUT2D eigenvalue weighted by atomic mass is 32.2. The van der Waals surface area contributed by atoms with E-state index in [1.165, 1.54) is 6.07 Å². The highest BCUT2D eigenvalue weighted by molar-refractivity contribution is 7.91. The highest BCUT2D eigenvalue weighted by Gasteiger charge is 2.28. The monoisotopic (exact) mass is 405 g/mol. The summed E-state index contributed by atoms with van der Waals surface area (Å²) in [6, 6.07) is 7.22. The van der Waals surface area contributed by atoms with Crippen molar-refractivity contribution in [3.8, 4) is 0 Å². The van der Waals surface area contributed by atoms with Crippen LogP contribution in [0, 0.1) is 24.0 Å². The average molecular weight is 406 g/mol. The number of hydrogen-bond donors (Lipinski definition) is 0. The Balaban J connectivity index is 2.27. The number of nitrogens with zero attached hydrogens (tertiary/aromatic N) is 1. The van der Waals surface area contributed by atoms with Gasteiger partial charge in [0.15, 0.2) is 0 Å². The van der Waals surface area contributed by atoms with Crippen LogP contribution in [-0.2, 0) is 16.9 Å². The van der Waals surface area contributed by atoms with Gasteiger partial charge in [0.2, 0.25) is 9.84 Å². The van der Waals surface area contributed by atoms with Gasteiger partial charge in [-0.25, -0.2) is 17.2 Å². The van der Waals surface area contributed by atoms with Crippen molar-refractivity contribution in [2.45, 2.75) is 50.3 Å². The first-order valence-electron chi connectivity index (χ1n) is 9.14. The van der Waals surface area contributed by atoms with Crippen molar-refractivity contribution < 1.29 is 17.2 Å². The lowest BCUT2D eigenvalue weighted by Crippen LogP contribution is -2.16. The van der Waals surface area contributed by atoms with Crippen LogP contribution in [0.4, 0.5) is 8.78 Å². The summed E-state index contributed by atoms with van der Waals surface area (Å²) in [4.78, 5) is -0.361. The largest absolute Gasteiger partial charge is 0.348 e. The van der Waals surface area contributed by atoms with Gasteiger partial charge < -0.3 is 4.57 Å². The number of sulfone groups is 1. The summed E-state index contributed by atoms with van der Waals surface area (Å²) in [5.41, 5.74) is 3.07. The molecule has 1 atom stereocenters. The van der Waals surface area contributed by atoms with Crippen molar-refractivity contribution in [2.75, 3.05) is 0 Å². The molecule has 3 rings (SSSR count). The van der Waals surface area contributed by atoms with E-state index in [9.17, 15) is 17.2 Å². The van der Waals surface area contributed by atoms with Crippen LogP contribution in [0.25, 0.3) is 10.9 Å². The zero-order valence-electron chi connectivity index (χ0n) is 17.0. The van der Waals surface area contributed by atoms with Gasteiger partial charge in [0, 0.05) is 29.7 Å². The summed E-state index contributed by atoms with van der Waals surface area (Å²) in [6.45, 7) is 10.6. The van der Waals surface area contributed by atoms with Crippen molar-refractivity contribution in [1.29, 1.82) is 0 Å². The second kappa shape index (κ2) is 6.69. The van der Waals surface area contributed by atoms with Crippen LogP contribution < -0.4 is 0 Å². The molecule has 0 aliphatic carbocycles. The molecule has 0 saturated carbocycles. The van der Waals surface area contributed by atoms with E-state index in [4.69, 9.17) is 0 Å². The minimum atomic E-state index is -4.05. The highest BCUT2D eigenvalue weighted by Crippen LogP contribution is 2.41. The Hall–Kier alpha value is -2.21. The second-order valence-corrected chi connectivity index (χ2v) is 10.4. The van der Waals surface area contributed by atoms with Gasteiger partial charge in [-0.05, 0) is 54.2 Å². The number of halogens is 2. The summed E-state index contributed by atoms with van der Waals surface area (Å²) in [5, 5.41) is 0.848. The topological polar surface area (TPSA) is 39.1 Å². The van der Waals surface area contributed by atoms with E-state index in [0.29, 0.717) is 6.07 Å². The Bertz CT molecular complexity index is 1150. The molecule has 28 heavy (non-hydrogen) atoms. The third-order valence-corrected chi connectivity index (χ3v) is 7.43. The van der Waals surface area contributed by atoms with Gasteiger partial charge in [0.25, 0.3) is 0 Å². The first kappa shape index (κ1) is 20.5. The molecule has 0 bridgehead atoms. The molecular formula is C22H25F2NO2S. The van der Waals surface area contributed by atoms with Crippen LogP contribution in [0.3, 0.4) is 0 Å². The molecule has 1 unspecified atom stereocenters. The summed E-state index contributed by atoms with van der Waals surface area (Å²) < 4.78 is 55.2. The van der Waals surface area contributed by atoms with Crippen LogP contribution in [0.15, 0.2) is 46.2 Å². The predicted molar refractivity (Wildman–Crippen MR) is 107 cm³/mol. The van der Waals surface area contributed by atoms with Crippen molar-refractivity contribution in [3.05, 3.63) is 59.3 Å². The number of benzene rings is 2. The zero-order chi connectivity index (χ0) is 21.0. The molecule has 0 fully saturated rings. The van der Waals surface area contributed by atoms with Crippen molar-refractivity contribution in [3.63, 3.8) is 0 Å². The SMILES string of the molecule is Cc1c(C(C)C(C)(C)C)c2cc(S(=O)(=O)c3cc(F)cc(F)c3)ccc2n1C. The fourth-order valence-electron chi connectivity index (χ4n) is 3.55. The number of rotatable bonds is 3. The number of fused-ring (bicyclic) bond motifs is 1. The fourth-order valence-corrected chi connectivity index (χ4v) is 4.87. The standard InChI is InChI=1S/C22H25F2NO2S/c1-13(22(3,4)5)21-14(2)25(6)20-8-7-17(12-19(20)21)28(26,27)18-10-15(23)9-16(24)11-18/h7-13H,1-6H3. The third kappa shape index (κ3) is 3.34. The van der Waals surface area contributed by atoms with E-state index < -0.39 is 21.5 Å². The molecule has 2 aromatic carbocycles. The molecule has 3 aromatic rings. The van der Waals surface area contributed by atoms with Crippen molar-refractivity contribution in [2.24, 2.45) is 12.5 Å². The van der Waals surface area contributed by atoms with E-state index in [1.54, 1.807) is 12.1 Å². The summed E-state index contributed by atoms with van der Waals surface area (Å²) in [7, 11) is -2.10. The minimum Gasteiger partial charge on any atom is -0.348 e. The van der Waals surface area contributed by atoms with Crippen LogP contribution in [-0.4, -0.2) is 13.0 Å². The fraction of sp³-hybridized carbons (Fsp3) is 0.364. The Morgan fingerprint density at radius 2 is 1.54 bits per heavy atom. The Labute approximate surface area is 164 Å². The summed E-state index contributed by atoms with van der Waals surface area (Å²) in [5.74, 6) is -1.66. The first-order chi connectivity index (χ1) is 12.8. The molecule has 1 heterocycles. The summed E-state index contributed by atoms with van der Waals surface area (Å²) in [6.07, 6.45) is 0. The van der Waals surface area contributed by atoms with Crippen LogP contribution >= 0.6 is 0 Å². The molecule has 0 saturated heterocycles. The minimum absolute atomic E-state index is 0.0143. The van der Waals surface area contributed by atoms with Gasteiger partial charge in [-0.15, -0.1) is 0 Å². The molecule has 1 aromatic heterocycles. The molecule has 150 valence electrons. The van der Waals surface area contributed by atoms with Gasteiger partial charge >= 0.3 is 0 Å². The van der Waals surface area contributed by atoms with Gasteiger partial charge in [0.05, 0.1) is 9.79 Å². The molecule has 0 radical (unpaired) electrons. The van der Waals surface area contributed by atoms with Gasteiger partial charge in [-0.1, -0.05) is 27.7 Å². The van der Waals surface area contributed by atoms with Crippen LogP contribution in [0.5, 0.6) is 0 Å². The molecular weight excluding hydrogens is 380 g/mol. The maximum absolute atomic E-state index is 13.6. The number of aryl methyl sites for hydroxylation is 1. The Kier molecular flexibility index (Phi) is 4.90. The van der Waals surface area contributed by atoms with E-state index in [2.05, 4.69) is 27.7 Å². The lowest BCUT2D eigenvalue weighted by molar-refractivity contribution is 0.340. The van der Waals surface area contributed by atoms with Crippen molar-refractivity contribution >= 4 is 20.7 Å².